The number of hydrogen-bond acceptors (Lipinski definition) is 5. The Balaban J connectivity index is 1.23. The van der Waals surface area contributed by atoms with Crippen LogP contribution in [0.15, 0.2) is 53.7 Å². The lowest BCUT2D eigenvalue weighted by atomic mass is 9.98. The molecule has 9 nitrogen and oxygen atoms in total. The van der Waals surface area contributed by atoms with E-state index in [2.05, 4.69) is 27.4 Å². The van der Waals surface area contributed by atoms with Crippen LogP contribution in [0.4, 0.5) is 4.79 Å². The molecule has 0 unspecified atom stereocenters. The zero-order chi connectivity index (χ0) is 26.1. The molecule has 0 bridgehead atoms. The Hall–Kier alpha value is -3.21. The average molecular weight is 536 g/mol. The molecule has 2 N–H and O–H groups in total. The molecule has 38 heavy (non-hydrogen) atoms. The predicted octanol–water partition coefficient (Wildman–Crippen LogP) is 3.99. The van der Waals surface area contributed by atoms with Crippen molar-refractivity contribution in [3.05, 3.63) is 54.4 Å². The molecular weight excluding hydrogens is 502 g/mol. The highest BCUT2D eigenvalue weighted by atomic mass is 32.2. The van der Waals surface area contributed by atoms with E-state index < -0.39 is 10.0 Å². The first-order valence-corrected chi connectivity index (χ1v) is 14.8. The molecule has 10 heteroatoms. The summed E-state index contributed by atoms with van der Waals surface area (Å²) < 4.78 is 33.2. The number of fused-ring (bicyclic) bond motifs is 1. The molecule has 2 amide bonds. The molecule has 2 aromatic heterocycles. The molecule has 2 fully saturated rings. The molecule has 1 aromatic carbocycles. The molecule has 1 saturated heterocycles. The number of nitrogens with zero attached hydrogens (tertiary/aromatic N) is 3. The van der Waals surface area contributed by atoms with Gasteiger partial charge in [0.1, 0.15) is 5.65 Å². The third kappa shape index (κ3) is 4.95. The molecule has 6 rings (SSSR count). The molecule has 0 spiro atoms. The van der Waals surface area contributed by atoms with Crippen LogP contribution in [0.5, 0.6) is 0 Å². The van der Waals surface area contributed by atoms with Crippen molar-refractivity contribution in [1.82, 2.24) is 24.5 Å². The van der Waals surface area contributed by atoms with Crippen molar-refractivity contribution in [2.45, 2.75) is 43.0 Å². The number of morpholine rings is 1. The zero-order valence-electron chi connectivity index (χ0n) is 21.4. The van der Waals surface area contributed by atoms with E-state index >= 15 is 0 Å². The number of ether oxygens (including phenoxy) is 1. The second-order valence-electron chi connectivity index (χ2n) is 10.2. The lowest BCUT2D eigenvalue weighted by molar-refractivity contribution is 0.0730. The van der Waals surface area contributed by atoms with Crippen LogP contribution in [0.25, 0.3) is 27.7 Å². The van der Waals surface area contributed by atoms with Crippen molar-refractivity contribution in [3.8, 4) is 11.1 Å². The monoisotopic (exact) mass is 535 g/mol. The molecule has 0 radical (unpaired) electrons. The summed E-state index contributed by atoms with van der Waals surface area (Å²) in [6.45, 7) is 2.80. The summed E-state index contributed by atoms with van der Waals surface area (Å²) in [5.74, 6) is 0. The highest BCUT2D eigenvalue weighted by molar-refractivity contribution is 7.89. The minimum atomic E-state index is -3.59. The zero-order valence-corrected chi connectivity index (χ0v) is 22.2. The van der Waals surface area contributed by atoms with Gasteiger partial charge in [-0.05, 0) is 48.6 Å². The largest absolute Gasteiger partial charge is 0.379 e. The number of sulfonamides is 1. The highest BCUT2D eigenvalue weighted by Crippen LogP contribution is 2.32. The van der Waals surface area contributed by atoms with E-state index in [4.69, 9.17) is 4.74 Å². The minimum absolute atomic E-state index is 0.0296. The van der Waals surface area contributed by atoms with Crippen LogP contribution in [0.2, 0.25) is 0 Å². The van der Waals surface area contributed by atoms with Gasteiger partial charge in [-0.3, -0.25) is 0 Å². The van der Waals surface area contributed by atoms with Crippen LogP contribution in [0.3, 0.4) is 0 Å². The van der Waals surface area contributed by atoms with Gasteiger partial charge in [-0.1, -0.05) is 31.1 Å². The van der Waals surface area contributed by atoms with Gasteiger partial charge in [0.05, 0.1) is 18.1 Å². The summed E-state index contributed by atoms with van der Waals surface area (Å²) in [6, 6.07) is 9.46. The number of hydrogen-bond donors (Lipinski definition) is 2. The molecule has 1 saturated carbocycles. The number of amides is 2. The van der Waals surface area contributed by atoms with Crippen LogP contribution in [0, 0.1) is 0 Å². The molecule has 2 aliphatic heterocycles. The van der Waals surface area contributed by atoms with Crippen LogP contribution >= 0.6 is 0 Å². The summed E-state index contributed by atoms with van der Waals surface area (Å²) in [4.78, 5) is 22.7. The maximum absolute atomic E-state index is 13.2. The third-order valence-corrected chi connectivity index (χ3v) is 9.73. The van der Waals surface area contributed by atoms with Gasteiger partial charge in [0.15, 0.2) is 0 Å². The first-order valence-electron chi connectivity index (χ1n) is 13.4. The van der Waals surface area contributed by atoms with Gasteiger partial charge in [0, 0.05) is 61.1 Å². The number of urea groups is 1. The van der Waals surface area contributed by atoms with Crippen LogP contribution in [-0.2, 0) is 14.8 Å². The number of H-pyrrole nitrogens is 1. The van der Waals surface area contributed by atoms with E-state index in [-0.39, 0.29) is 10.9 Å². The van der Waals surface area contributed by atoms with E-state index in [1.165, 1.54) is 22.7 Å². The Morgan fingerprint density at radius 1 is 1.08 bits per heavy atom. The first-order chi connectivity index (χ1) is 18.5. The molecule has 200 valence electrons. The van der Waals surface area contributed by atoms with Gasteiger partial charge in [-0.25, -0.2) is 18.2 Å². The number of aromatic amines is 1. The van der Waals surface area contributed by atoms with Gasteiger partial charge in [0.25, 0.3) is 0 Å². The second kappa shape index (κ2) is 10.5. The van der Waals surface area contributed by atoms with E-state index in [1.54, 1.807) is 24.4 Å². The number of nitrogens with one attached hydrogen (secondary N) is 2. The normalized spacial score (nSPS) is 19.6. The summed E-state index contributed by atoms with van der Waals surface area (Å²) in [5.41, 5.74) is 4.69. The van der Waals surface area contributed by atoms with Crippen molar-refractivity contribution in [2.24, 2.45) is 0 Å². The number of rotatable bonds is 5. The number of benzene rings is 1. The first kappa shape index (κ1) is 25.1. The third-order valence-electron chi connectivity index (χ3n) is 7.83. The number of carbonyl (C=O) groups is 1. The maximum Gasteiger partial charge on any atom is 0.317 e. The van der Waals surface area contributed by atoms with Crippen molar-refractivity contribution < 1.29 is 17.9 Å². The van der Waals surface area contributed by atoms with E-state index in [9.17, 15) is 13.2 Å². The highest BCUT2D eigenvalue weighted by Gasteiger charge is 2.27. The van der Waals surface area contributed by atoms with Crippen LogP contribution in [-0.4, -0.2) is 79.1 Å². The Morgan fingerprint density at radius 2 is 1.89 bits per heavy atom. The fraction of sp³-hybridized carbons (Fsp3) is 0.429. The second-order valence-corrected chi connectivity index (χ2v) is 12.2. The van der Waals surface area contributed by atoms with Gasteiger partial charge < -0.3 is 19.9 Å². The van der Waals surface area contributed by atoms with Crippen LogP contribution < -0.4 is 5.32 Å². The lowest BCUT2D eigenvalue weighted by Crippen LogP contribution is -2.45. The molecule has 3 aliphatic rings. The predicted molar refractivity (Wildman–Crippen MR) is 146 cm³/mol. The number of aromatic nitrogens is 2. The van der Waals surface area contributed by atoms with E-state index in [1.807, 2.05) is 17.2 Å². The Labute approximate surface area is 222 Å². The molecule has 1 aliphatic carbocycles. The topological polar surface area (TPSA) is 108 Å². The Morgan fingerprint density at radius 3 is 2.66 bits per heavy atom. The Kier molecular flexibility index (Phi) is 6.94. The van der Waals surface area contributed by atoms with Crippen molar-refractivity contribution in [2.75, 3.05) is 39.4 Å². The lowest BCUT2D eigenvalue weighted by Gasteiger charge is -2.28. The van der Waals surface area contributed by atoms with Crippen molar-refractivity contribution >= 4 is 32.7 Å². The molecule has 0 atom stereocenters. The Bertz CT molecular complexity index is 1470. The molecular formula is C28H33N5O4S. The van der Waals surface area contributed by atoms with Gasteiger partial charge in [0.2, 0.25) is 10.0 Å². The fourth-order valence-electron chi connectivity index (χ4n) is 5.63. The van der Waals surface area contributed by atoms with Crippen LogP contribution in [0.1, 0.15) is 37.7 Å². The van der Waals surface area contributed by atoms with Crippen molar-refractivity contribution in [1.29, 1.82) is 0 Å². The smallest absolute Gasteiger partial charge is 0.317 e. The average Bonchev–Trinajstić information content (AvgIpc) is 3.63. The van der Waals surface area contributed by atoms with Crippen molar-refractivity contribution in [3.63, 3.8) is 0 Å². The van der Waals surface area contributed by atoms with Gasteiger partial charge in [-0.15, -0.1) is 0 Å². The maximum atomic E-state index is 13.2. The molecule has 3 aromatic rings. The fourth-order valence-corrected chi connectivity index (χ4v) is 7.09. The van der Waals surface area contributed by atoms with E-state index in [0.29, 0.717) is 45.4 Å². The molecule has 4 heterocycles. The summed E-state index contributed by atoms with van der Waals surface area (Å²) in [6.07, 6.45) is 11.2. The van der Waals surface area contributed by atoms with Gasteiger partial charge >= 0.3 is 6.03 Å². The SMILES string of the molecule is O=C(NC1CCCC1)N1CC=C(c2c[nH]c3ncc(-c4cccc(S(=O)(=O)N5CCOCC5)c4)cc23)CC1. The standard InChI is InChI=1S/C28H33N5O4S/c34-28(31-23-5-1-2-6-23)32-10-8-20(9-11-32)26-19-30-27-25(26)17-22(18-29-27)21-4-3-7-24(16-21)38(35,36)33-12-14-37-15-13-33/h3-4,7-8,16-19,23H,1-2,5-6,9-15H2,(H,29,30)(H,31,34). The summed E-state index contributed by atoms with van der Waals surface area (Å²) in [7, 11) is -3.59. The van der Waals surface area contributed by atoms with Gasteiger partial charge in [-0.2, -0.15) is 4.31 Å². The number of carbonyl (C=O) groups excluding carboxylic acids is 1. The summed E-state index contributed by atoms with van der Waals surface area (Å²) >= 11 is 0. The van der Waals surface area contributed by atoms with E-state index in [0.717, 1.165) is 47.0 Å². The quantitative estimate of drug-likeness (QED) is 0.514. The summed E-state index contributed by atoms with van der Waals surface area (Å²) in [5, 5.41) is 4.16. The number of pyridine rings is 1. The minimum Gasteiger partial charge on any atom is -0.379 e.